The summed E-state index contributed by atoms with van der Waals surface area (Å²) in [6, 6.07) is 7.84. The van der Waals surface area contributed by atoms with E-state index in [0.29, 0.717) is 5.82 Å². The highest BCUT2D eigenvalue weighted by Crippen LogP contribution is 2.26. The Hall–Kier alpha value is -2.10. The third kappa shape index (κ3) is 2.59. The van der Waals surface area contributed by atoms with Gasteiger partial charge in [-0.05, 0) is 32.9 Å². The number of nitrogens with two attached hydrogens (primary N) is 1. The summed E-state index contributed by atoms with van der Waals surface area (Å²) in [5.41, 5.74) is 8.51. The third-order valence-corrected chi connectivity index (χ3v) is 2.60. The molecule has 0 aliphatic heterocycles. The Balaban J connectivity index is 2.41. The molecule has 2 rings (SSSR count). The quantitative estimate of drug-likeness (QED) is 0.900. The Morgan fingerprint density at radius 2 is 2.00 bits per heavy atom. The maximum Gasteiger partial charge on any atom is 0.130 e. The SMILES string of the molecule is Cc1c(N)ncnc1-c1cccc(OC(C)C)c1. The largest absolute Gasteiger partial charge is 0.491 e. The molecule has 0 fully saturated rings. The van der Waals surface area contributed by atoms with E-state index < -0.39 is 0 Å². The molecule has 4 heteroatoms. The molecule has 2 aromatic rings. The molecule has 0 saturated carbocycles. The standard InChI is InChI=1S/C14H17N3O/c1-9(2)18-12-6-4-5-11(7-12)13-10(3)14(15)17-8-16-13/h4-9H,1-3H3,(H2,15,16,17). The molecule has 0 aliphatic carbocycles. The Morgan fingerprint density at radius 3 is 2.72 bits per heavy atom. The van der Waals surface area contributed by atoms with Crippen molar-refractivity contribution in [1.29, 1.82) is 0 Å². The molecule has 0 aliphatic rings. The van der Waals surface area contributed by atoms with Crippen molar-refractivity contribution < 1.29 is 4.74 Å². The summed E-state index contributed by atoms with van der Waals surface area (Å²) < 4.78 is 5.67. The second-order valence-corrected chi connectivity index (χ2v) is 4.43. The van der Waals surface area contributed by atoms with Crippen LogP contribution in [-0.2, 0) is 0 Å². The lowest BCUT2D eigenvalue weighted by molar-refractivity contribution is 0.242. The van der Waals surface area contributed by atoms with Crippen LogP contribution in [0.15, 0.2) is 30.6 Å². The number of nitrogen functional groups attached to an aromatic ring is 1. The van der Waals surface area contributed by atoms with Gasteiger partial charge in [-0.25, -0.2) is 9.97 Å². The second kappa shape index (κ2) is 5.04. The molecule has 18 heavy (non-hydrogen) atoms. The van der Waals surface area contributed by atoms with Crippen LogP contribution >= 0.6 is 0 Å². The van der Waals surface area contributed by atoms with Crippen molar-refractivity contribution in [3.8, 4) is 17.0 Å². The van der Waals surface area contributed by atoms with E-state index in [1.165, 1.54) is 6.33 Å². The monoisotopic (exact) mass is 243 g/mol. The first-order chi connectivity index (χ1) is 8.58. The Morgan fingerprint density at radius 1 is 1.22 bits per heavy atom. The molecule has 94 valence electrons. The first-order valence-corrected chi connectivity index (χ1v) is 5.92. The number of nitrogens with zero attached hydrogens (tertiary/aromatic N) is 2. The Bertz CT molecular complexity index is 552. The number of benzene rings is 1. The minimum Gasteiger partial charge on any atom is -0.491 e. The van der Waals surface area contributed by atoms with E-state index in [-0.39, 0.29) is 6.10 Å². The van der Waals surface area contributed by atoms with Gasteiger partial charge in [-0.15, -0.1) is 0 Å². The van der Waals surface area contributed by atoms with Gasteiger partial charge >= 0.3 is 0 Å². The van der Waals surface area contributed by atoms with Gasteiger partial charge in [0.15, 0.2) is 0 Å². The summed E-state index contributed by atoms with van der Waals surface area (Å²) in [5, 5.41) is 0. The van der Waals surface area contributed by atoms with E-state index in [1.54, 1.807) is 0 Å². The van der Waals surface area contributed by atoms with E-state index in [1.807, 2.05) is 45.0 Å². The molecule has 1 heterocycles. The highest BCUT2D eigenvalue weighted by atomic mass is 16.5. The topological polar surface area (TPSA) is 61.0 Å². The molecule has 0 atom stereocenters. The van der Waals surface area contributed by atoms with Crippen molar-refractivity contribution in [1.82, 2.24) is 9.97 Å². The van der Waals surface area contributed by atoms with Gasteiger partial charge in [0.1, 0.15) is 17.9 Å². The number of rotatable bonds is 3. The van der Waals surface area contributed by atoms with Crippen LogP contribution in [0.5, 0.6) is 5.75 Å². The summed E-state index contributed by atoms with van der Waals surface area (Å²) in [6.07, 6.45) is 1.63. The van der Waals surface area contributed by atoms with E-state index in [4.69, 9.17) is 10.5 Å². The van der Waals surface area contributed by atoms with Crippen molar-refractivity contribution in [2.75, 3.05) is 5.73 Å². The molecule has 0 amide bonds. The number of anilines is 1. The zero-order valence-corrected chi connectivity index (χ0v) is 10.8. The van der Waals surface area contributed by atoms with Gasteiger partial charge in [-0.2, -0.15) is 0 Å². The summed E-state index contributed by atoms with van der Waals surface area (Å²) in [5.74, 6) is 1.34. The van der Waals surface area contributed by atoms with Crippen LogP contribution in [0, 0.1) is 6.92 Å². The molecule has 4 nitrogen and oxygen atoms in total. The first-order valence-electron chi connectivity index (χ1n) is 5.92. The molecule has 0 radical (unpaired) electrons. The minimum absolute atomic E-state index is 0.150. The van der Waals surface area contributed by atoms with E-state index in [2.05, 4.69) is 9.97 Å². The van der Waals surface area contributed by atoms with E-state index >= 15 is 0 Å². The zero-order chi connectivity index (χ0) is 13.1. The first kappa shape index (κ1) is 12.4. The van der Waals surface area contributed by atoms with Crippen LogP contribution in [0.3, 0.4) is 0 Å². The summed E-state index contributed by atoms with van der Waals surface area (Å²) in [7, 11) is 0. The van der Waals surface area contributed by atoms with E-state index in [9.17, 15) is 0 Å². The number of aromatic nitrogens is 2. The van der Waals surface area contributed by atoms with Crippen LogP contribution < -0.4 is 10.5 Å². The van der Waals surface area contributed by atoms with Crippen molar-refractivity contribution in [2.45, 2.75) is 26.9 Å². The predicted molar refractivity (Wildman–Crippen MR) is 72.4 cm³/mol. The van der Waals surface area contributed by atoms with Gasteiger partial charge in [0.2, 0.25) is 0 Å². The van der Waals surface area contributed by atoms with Crippen LogP contribution in [0.2, 0.25) is 0 Å². The fraction of sp³-hybridized carbons (Fsp3) is 0.286. The molecule has 0 spiro atoms. The maximum atomic E-state index is 5.79. The third-order valence-electron chi connectivity index (χ3n) is 2.60. The van der Waals surface area contributed by atoms with Crippen molar-refractivity contribution in [3.05, 3.63) is 36.2 Å². The Labute approximate surface area is 107 Å². The smallest absolute Gasteiger partial charge is 0.130 e. The molecule has 1 aromatic carbocycles. The maximum absolute atomic E-state index is 5.79. The van der Waals surface area contributed by atoms with Gasteiger partial charge in [-0.1, -0.05) is 12.1 Å². The van der Waals surface area contributed by atoms with Gasteiger partial charge in [0.05, 0.1) is 11.8 Å². The highest BCUT2D eigenvalue weighted by molar-refractivity contribution is 5.67. The van der Waals surface area contributed by atoms with E-state index in [0.717, 1.165) is 22.6 Å². The molecule has 0 unspecified atom stereocenters. The summed E-state index contributed by atoms with van der Waals surface area (Å²) in [4.78, 5) is 8.25. The van der Waals surface area contributed by atoms with Crippen LogP contribution in [0.4, 0.5) is 5.82 Å². The average Bonchev–Trinajstić information content (AvgIpc) is 2.32. The second-order valence-electron chi connectivity index (χ2n) is 4.43. The van der Waals surface area contributed by atoms with Gasteiger partial charge in [0, 0.05) is 11.1 Å². The fourth-order valence-electron chi connectivity index (χ4n) is 1.74. The molecular weight excluding hydrogens is 226 g/mol. The number of ether oxygens (including phenoxy) is 1. The molecule has 0 saturated heterocycles. The Kier molecular flexibility index (Phi) is 3.46. The predicted octanol–water partition coefficient (Wildman–Crippen LogP) is 2.82. The van der Waals surface area contributed by atoms with Crippen molar-refractivity contribution in [3.63, 3.8) is 0 Å². The lowest BCUT2D eigenvalue weighted by Crippen LogP contribution is -2.05. The molecule has 0 bridgehead atoms. The summed E-state index contributed by atoms with van der Waals surface area (Å²) >= 11 is 0. The van der Waals surface area contributed by atoms with Gasteiger partial charge in [-0.3, -0.25) is 0 Å². The van der Waals surface area contributed by atoms with Crippen LogP contribution in [0.25, 0.3) is 11.3 Å². The van der Waals surface area contributed by atoms with Crippen molar-refractivity contribution in [2.24, 2.45) is 0 Å². The lowest BCUT2D eigenvalue weighted by Gasteiger charge is -2.11. The lowest BCUT2D eigenvalue weighted by atomic mass is 10.1. The normalized spacial score (nSPS) is 10.7. The van der Waals surface area contributed by atoms with Crippen LogP contribution in [-0.4, -0.2) is 16.1 Å². The number of hydrogen-bond donors (Lipinski definition) is 1. The van der Waals surface area contributed by atoms with Gasteiger partial charge in [0.25, 0.3) is 0 Å². The zero-order valence-electron chi connectivity index (χ0n) is 10.8. The fourth-order valence-corrected chi connectivity index (χ4v) is 1.74. The van der Waals surface area contributed by atoms with Crippen LogP contribution in [0.1, 0.15) is 19.4 Å². The molecule has 2 N–H and O–H groups in total. The molecule has 1 aromatic heterocycles. The minimum atomic E-state index is 0.150. The van der Waals surface area contributed by atoms with Crippen molar-refractivity contribution >= 4 is 5.82 Å². The highest BCUT2D eigenvalue weighted by Gasteiger charge is 2.08. The number of hydrogen-bond acceptors (Lipinski definition) is 4. The summed E-state index contributed by atoms with van der Waals surface area (Å²) in [6.45, 7) is 5.92. The average molecular weight is 243 g/mol. The van der Waals surface area contributed by atoms with Gasteiger partial charge < -0.3 is 10.5 Å². The molecular formula is C14H17N3O.